The zero-order valence-electron chi connectivity index (χ0n) is 8.77. The molecule has 1 heteroatoms. The highest BCUT2D eigenvalue weighted by Gasteiger charge is 2.25. The van der Waals surface area contributed by atoms with Gasteiger partial charge >= 0.3 is 0 Å². The molecule has 1 aliphatic heterocycles. The third kappa shape index (κ3) is 2.24. The minimum Gasteiger partial charge on any atom is -0.349 e. The highest BCUT2D eigenvalue weighted by atomic mass is 15.2. The summed E-state index contributed by atoms with van der Waals surface area (Å²) in [6.07, 6.45) is 2.10. The molecule has 1 unspecified atom stereocenters. The van der Waals surface area contributed by atoms with Gasteiger partial charge in [0.1, 0.15) is 0 Å². The molecule has 1 fully saturated rings. The van der Waals surface area contributed by atoms with Crippen molar-refractivity contribution in [3.05, 3.63) is 36.7 Å². The first kappa shape index (κ1) is 10.1. The van der Waals surface area contributed by atoms with Crippen LogP contribution in [0.4, 0.5) is 0 Å². The molecule has 1 atom stereocenters. The number of rotatable bonds is 3. The Bertz CT molecular complexity index is 250. The molecule has 0 spiro atoms. The Morgan fingerprint density at radius 1 is 1.54 bits per heavy atom. The SMILES string of the molecule is C=C(C)CCN1C(=C)CC(C)C1=C. The molecule has 72 valence electrons. The van der Waals surface area contributed by atoms with Gasteiger partial charge in [0.05, 0.1) is 0 Å². The highest BCUT2D eigenvalue weighted by Crippen LogP contribution is 2.33. The molecular weight excluding hydrogens is 158 g/mol. The fourth-order valence-corrected chi connectivity index (χ4v) is 1.65. The lowest BCUT2D eigenvalue weighted by Gasteiger charge is -2.21. The minimum absolute atomic E-state index is 0.567. The van der Waals surface area contributed by atoms with Crippen LogP contribution in [-0.4, -0.2) is 11.4 Å². The van der Waals surface area contributed by atoms with E-state index in [1.165, 1.54) is 17.0 Å². The molecule has 0 aromatic rings. The van der Waals surface area contributed by atoms with E-state index in [2.05, 4.69) is 38.5 Å². The fourth-order valence-electron chi connectivity index (χ4n) is 1.65. The van der Waals surface area contributed by atoms with Gasteiger partial charge in [-0.2, -0.15) is 0 Å². The van der Waals surface area contributed by atoms with E-state index >= 15 is 0 Å². The van der Waals surface area contributed by atoms with Gasteiger partial charge in [0.25, 0.3) is 0 Å². The maximum Gasteiger partial charge on any atom is 0.0261 e. The zero-order chi connectivity index (χ0) is 10.0. The van der Waals surface area contributed by atoms with E-state index in [-0.39, 0.29) is 0 Å². The maximum atomic E-state index is 4.08. The van der Waals surface area contributed by atoms with Gasteiger partial charge in [0.15, 0.2) is 0 Å². The summed E-state index contributed by atoms with van der Waals surface area (Å²) in [4.78, 5) is 2.24. The average molecular weight is 177 g/mol. The standard InChI is InChI=1S/C12H19N/c1-9(2)6-7-13-11(4)8-10(3)12(13)5/h10H,1,4-8H2,2-3H3. The molecule has 0 aliphatic carbocycles. The molecule has 0 bridgehead atoms. The van der Waals surface area contributed by atoms with Crippen LogP contribution >= 0.6 is 0 Å². The van der Waals surface area contributed by atoms with Crippen molar-refractivity contribution in [1.29, 1.82) is 0 Å². The van der Waals surface area contributed by atoms with Crippen molar-refractivity contribution in [2.45, 2.75) is 26.7 Å². The highest BCUT2D eigenvalue weighted by molar-refractivity contribution is 5.19. The minimum atomic E-state index is 0.567. The van der Waals surface area contributed by atoms with Gasteiger partial charge < -0.3 is 4.90 Å². The van der Waals surface area contributed by atoms with Gasteiger partial charge in [-0.1, -0.05) is 25.7 Å². The second-order valence-corrected chi connectivity index (χ2v) is 4.02. The zero-order valence-corrected chi connectivity index (χ0v) is 8.77. The molecule has 1 heterocycles. The second-order valence-electron chi connectivity index (χ2n) is 4.02. The topological polar surface area (TPSA) is 3.24 Å². The summed E-state index contributed by atoms with van der Waals surface area (Å²) in [5.41, 5.74) is 3.64. The molecule has 0 amide bonds. The molecular formula is C12H19N. The number of hydrogen-bond acceptors (Lipinski definition) is 1. The second kappa shape index (κ2) is 3.82. The van der Waals surface area contributed by atoms with E-state index in [0.29, 0.717) is 5.92 Å². The van der Waals surface area contributed by atoms with Crippen molar-refractivity contribution < 1.29 is 0 Å². The van der Waals surface area contributed by atoms with Crippen molar-refractivity contribution in [2.24, 2.45) is 5.92 Å². The van der Waals surface area contributed by atoms with E-state index < -0.39 is 0 Å². The van der Waals surface area contributed by atoms with Crippen LogP contribution in [0, 0.1) is 5.92 Å². The summed E-state index contributed by atoms with van der Waals surface area (Å²) in [6.45, 7) is 17.3. The van der Waals surface area contributed by atoms with Crippen molar-refractivity contribution in [2.75, 3.05) is 6.54 Å². The third-order valence-electron chi connectivity index (χ3n) is 2.60. The first-order valence-corrected chi connectivity index (χ1v) is 4.81. The van der Waals surface area contributed by atoms with Gasteiger partial charge in [0.2, 0.25) is 0 Å². The van der Waals surface area contributed by atoms with Crippen LogP contribution in [0.2, 0.25) is 0 Å². The normalized spacial score (nSPS) is 22.6. The quantitative estimate of drug-likeness (QED) is 0.598. The summed E-state index contributed by atoms with van der Waals surface area (Å²) in [5.74, 6) is 0.567. The van der Waals surface area contributed by atoms with Gasteiger partial charge in [-0.05, 0) is 19.8 Å². The average Bonchev–Trinajstić information content (AvgIpc) is 2.24. The molecule has 1 saturated heterocycles. The summed E-state index contributed by atoms with van der Waals surface area (Å²) in [7, 11) is 0. The van der Waals surface area contributed by atoms with Crippen molar-refractivity contribution in [3.63, 3.8) is 0 Å². The molecule has 1 nitrogen and oxygen atoms in total. The Morgan fingerprint density at radius 3 is 2.54 bits per heavy atom. The summed E-state index contributed by atoms with van der Waals surface area (Å²) in [5, 5.41) is 0. The Balaban J connectivity index is 2.54. The van der Waals surface area contributed by atoms with Crippen molar-refractivity contribution >= 4 is 0 Å². The third-order valence-corrected chi connectivity index (χ3v) is 2.60. The molecule has 0 saturated carbocycles. The Morgan fingerprint density at radius 2 is 2.15 bits per heavy atom. The van der Waals surface area contributed by atoms with Crippen LogP contribution in [0.1, 0.15) is 26.7 Å². The van der Waals surface area contributed by atoms with Crippen LogP contribution in [0.15, 0.2) is 36.7 Å². The molecule has 0 N–H and O–H groups in total. The number of likely N-dealkylation sites (tertiary alicyclic amines) is 1. The van der Waals surface area contributed by atoms with Gasteiger partial charge in [-0.15, -0.1) is 6.58 Å². The van der Waals surface area contributed by atoms with E-state index in [9.17, 15) is 0 Å². The first-order valence-electron chi connectivity index (χ1n) is 4.81. The van der Waals surface area contributed by atoms with Crippen molar-refractivity contribution in [1.82, 2.24) is 4.90 Å². The van der Waals surface area contributed by atoms with Crippen molar-refractivity contribution in [3.8, 4) is 0 Å². The van der Waals surface area contributed by atoms with Gasteiger partial charge in [-0.3, -0.25) is 0 Å². The number of hydrogen-bond donors (Lipinski definition) is 0. The fraction of sp³-hybridized carbons (Fsp3) is 0.500. The molecule has 0 radical (unpaired) electrons. The smallest absolute Gasteiger partial charge is 0.0261 e. The molecule has 13 heavy (non-hydrogen) atoms. The lowest BCUT2D eigenvalue weighted by molar-refractivity contribution is 0.452. The Labute approximate surface area is 81.4 Å². The summed E-state index contributed by atoms with van der Waals surface area (Å²) < 4.78 is 0. The van der Waals surface area contributed by atoms with E-state index in [1.807, 2.05) is 0 Å². The molecule has 1 aliphatic rings. The van der Waals surface area contributed by atoms with Crippen LogP contribution in [0.3, 0.4) is 0 Å². The first-order chi connectivity index (χ1) is 6.02. The number of allylic oxidation sites excluding steroid dienone is 2. The predicted octanol–water partition coefficient (Wildman–Crippen LogP) is 3.32. The maximum absolute atomic E-state index is 4.08. The van der Waals surface area contributed by atoms with Crippen LogP contribution in [0.5, 0.6) is 0 Å². The van der Waals surface area contributed by atoms with Crippen LogP contribution in [0.25, 0.3) is 0 Å². The Hall–Kier alpha value is -0.980. The summed E-state index contributed by atoms with van der Waals surface area (Å²) >= 11 is 0. The predicted molar refractivity (Wildman–Crippen MR) is 58.2 cm³/mol. The van der Waals surface area contributed by atoms with Gasteiger partial charge in [-0.25, -0.2) is 0 Å². The van der Waals surface area contributed by atoms with Gasteiger partial charge in [0, 0.05) is 23.9 Å². The lowest BCUT2D eigenvalue weighted by Crippen LogP contribution is -2.17. The van der Waals surface area contributed by atoms with Crippen LogP contribution < -0.4 is 0 Å². The lowest BCUT2D eigenvalue weighted by atomic mass is 10.1. The monoisotopic (exact) mass is 177 g/mol. The molecule has 0 aromatic carbocycles. The Kier molecular flexibility index (Phi) is 2.97. The summed E-state index contributed by atoms with van der Waals surface area (Å²) in [6, 6.07) is 0. The van der Waals surface area contributed by atoms with E-state index in [0.717, 1.165) is 19.4 Å². The largest absolute Gasteiger partial charge is 0.349 e. The van der Waals surface area contributed by atoms with E-state index in [1.54, 1.807) is 0 Å². The van der Waals surface area contributed by atoms with Crippen LogP contribution in [-0.2, 0) is 0 Å². The number of nitrogens with zero attached hydrogens (tertiary/aromatic N) is 1. The van der Waals surface area contributed by atoms with E-state index in [4.69, 9.17) is 0 Å². The molecule has 0 aromatic heterocycles. The molecule has 1 rings (SSSR count).